The predicted octanol–water partition coefficient (Wildman–Crippen LogP) is 2.50. The second-order valence-electron chi connectivity index (χ2n) is 4.89. The number of nitrogens with zero attached hydrogens (tertiary/aromatic N) is 1. The number of rotatable bonds is 3. The molecule has 1 N–H and O–H groups in total. The van der Waals surface area contributed by atoms with Crippen molar-refractivity contribution < 1.29 is 9.59 Å². The highest BCUT2D eigenvalue weighted by Crippen LogP contribution is 2.17. The van der Waals surface area contributed by atoms with Crippen molar-refractivity contribution >= 4 is 47.6 Å². The van der Waals surface area contributed by atoms with Crippen LogP contribution in [0.15, 0.2) is 29.2 Å². The van der Waals surface area contributed by atoms with Crippen molar-refractivity contribution in [1.29, 1.82) is 0 Å². The Hall–Kier alpha value is -0.910. The van der Waals surface area contributed by atoms with Gasteiger partial charge >= 0.3 is 0 Å². The van der Waals surface area contributed by atoms with E-state index in [0.717, 1.165) is 0 Å². The maximum atomic E-state index is 12.2. The zero-order valence-corrected chi connectivity index (χ0v) is 13.7. The van der Waals surface area contributed by atoms with Gasteiger partial charge in [-0.25, -0.2) is 0 Å². The molecule has 114 valence electrons. The van der Waals surface area contributed by atoms with E-state index in [9.17, 15) is 9.59 Å². The van der Waals surface area contributed by atoms with Crippen LogP contribution in [0.1, 0.15) is 23.2 Å². The lowest BCUT2D eigenvalue weighted by Crippen LogP contribution is -2.47. The van der Waals surface area contributed by atoms with Gasteiger partial charge in [0.2, 0.25) is 0 Å². The van der Waals surface area contributed by atoms with Gasteiger partial charge in [0.1, 0.15) is 0 Å². The van der Waals surface area contributed by atoms with Crippen molar-refractivity contribution in [2.45, 2.75) is 28.6 Å². The number of piperidine rings is 1. The first kappa shape index (κ1) is 16.5. The standard InChI is InChI=1S/C14H16Cl2N2O2S/c15-12(16)14(20)18-7-5-9(6-8-18)17-13(19)10-3-1-2-4-11(10)21/h1-4,9,12,21H,5-8H2,(H,17,19). The van der Waals surface area contributed by atoms with Gasteiger partial charge in [0.25, 0.3) is 11.8 Å². The van der Waals surface area contributed by atoms with E-state index in [1.807, 2.05) is 6.07 Å². The maximum absolute atomic E-state index is 12.2. The van der Waals surface area contributed by atoms with Crippen molar-refractivity contribution in [1.82, 2.24) is 10.2 Å². The summed E-state index contributed by atoms with van der Waals surface area (Å²) in [5, 5.41) is 2.97. The summed E-state index contributed by atoms with van der Waals surface area (Å²) >= 11 is 15.4. The number of hydrogen-bond donors (Lipinski definition) is 2. The summed E-state index contributed by atoms with van der Waals surface area (Å²) < 4.78 is 0. The summed E-state index contributed by atoms with van der Waals surface area (Å²) in [7, 11) is 0. The lowest BCUT2D eigenvalue weighted by molar-refractivity contribution is -0.130. The van der Waals surface area contributed by atoms with Crippen molar-refractivity contribution in [3.05, 3.63) is 29.8 Å². The predicted molar refractivity (Wildman–Crippen MR) is 86.3 cm³/mol. The van der Waals surface area contributed by atoms with Crippen LogP contribution in [0, 0.1) is 0 Å². The molecule has 0 aliphatic carbocycles. The normalized spacial score (nSPS) is 16.1. The van der Waals surface area contributed by atoms with E-state index in [-0.39, 0.29) is 17.9 Å². The number of nitrogens with one attached hydrogen (secondary N) is 1. The molecule has 1 heterocycles. The molecule has 0 spiro atoms. The lowest BCUT2D eigenvalue weighted by atomic mass is 10.0. The van der Waals surface area contributed by atoms with E-state index in [4.69, 9.17) is 23.2 Å². The summed E-state index contributed by atoms with van der Waals surface area (Å²) in [5.74, 6) is -0.415. The lowest BCUT2D eigenvalue weighted by Gasteiger charge is -2.32. The topological polar surface area (TPSA) is 49.4 Å². The highest BCUT2D eigenvalue weighted by atomic mass is 35.5. The number of carbonyl (C=O) groups is 2. The molecular formula is C14H16Cl2N2O2S. The molecule has 2 rings (SSSR count). The van der Waals surface area contributed by atoms with Crippen LogP contribution in [0.5, 0.6) is 0 Å². The van der Waals surface area contributed by atoms with Gasteiger partial charge in [0, 0.05) is 24.0 Å². The van der Waals surface area contributed by atoms with Crippen LogP contribution in [-0.4, -0.2) is 40.7 Å². The van der Waals surface area contributed by atoms with Crippen LogP contribution in [0.25, 0.3) is 0 Å². The van der Waals surface area contributed by atoms with E-state index < -0.39 is 4.84 Å². The largest absolute Gasteiger partial charge is 0.349 e. The minimum absolute atomic E-state index is 0.0404. The van der Waals surface area contributed by atoms with Gasteiger partial charge in [0.15, 0.2) is 4.84 Å². The summed E-state index contributed by atoms with van der Waals surface area (Å²) in [6.07, 6.45) is 1.37. The van der Waals surface area contributed by atoms with Crippen molar-refractivity contribution in [3.8, 4) is 0 Å². The van der Waals surface area contributed by atoms with Gasteiger partial charge in [-0.05, 0) is 25.0 Å². The smallest absolute Gasteiger partial charge is 0.255 e. The van der Waals surface area contributed by atoms with Crippen molar-refractivity contribution in [2.24, 2.45) is 0 Å². The number of thiol groups is 1. The molecule has 1 aliphatic heterocycles. The van der Waals surface area contributed by atoms with Crippen LogP contribution in [0.2, 0.25) is 0 Å². The minimum Gasteiger partial charge on any atom is -0.349 e. The second kappa shape index (κ2) is 7.38. The molecule has 0 radical (unpaired) electrons. The summed E-state index contributed by atoms with van der Waals surface area (Å²) in [4.78, 5) is 25.1. The zero-order chi connectivity index (χ0) is 15.4. The van der Waals surface area contributed by atoms with Gasteiger partial charge in [-0.1, -0.05) is 35.3 Å². The number of halogens is 2. The highest BCUT2D eigenvalue weighted by Gasteiger charge is 2.27. The highest BCUT2D eigenvalue weighted by molar-refractivity contribution is 7.80. The molecule has 2 amide bonds. The number of likely N-dealkylation sites (tertiary alicyclic amines) is 1. The number of carbonyl (C=O) groups excluding carboxylic acids is 2. The van der Waals surface area contributed by atoms with E-state index in [2.05, 4.69) is 17.9 Å². The molecule has 1 aromatic rings. The Morgan fingerprint density at radius 3 is 2.43 bits per heavy atom. The van der Waals surface area contributed by atoms with Crippen molar-refractivity contribution in [3.63, 3.8) is 0 Å². The fraction of sp³-hybridized carbons (Fsp3) is 0.429. The Morgan fingerprint density at radius 1 is 1.24 bits per heavy atom. The number of amides is 2. The monoisotopic (exact) mass is 346 g/mol. The number of alkyl halides is 2. The zero-order valence-electron chi connectivity index (χ0n) is 11.3. The van der Waals surface area contributed by atoms with Gasteiger partial charge in [-0.3, -0.25) is 9.59 Å². The van der Waals surface area contributed by atoms with Crippen molar-refractivity contribution in [2.75, 3.05) is 13.1 Å². The second-order valence-corrected chi connectivity index (χ2v) is 6.47. The molecule has 21 heavy (non-hydrogen) atoms. The third kappa shape index (κ3) is 4.28. The third-order valence-corrected chi connectivity index (χ3v) is 4.24. The Balaban J connectivity index is 1.88. The van der Waals surface area contributed by atoms with E-state index >= 15 is 0 Å². The average molecular weight is 347 g/mol. The Bertz CT molecular complexity index is 531. The molecule has 1 aromatic carbocycles. The van der Waals surface area contributed by atoms with Crippen LogP contribution >= 0.6 is 35.8 Å². The van der Waals surface area contributed by atoms with Crippen LogP contribution in [0.3, 0.4) is 0 Å². The first-order chi connectivity index (χ1) is 9.99. The quantitative estimate of drug-likeness (QED) is 0.652. The molecule has 1 saturated heterocycles. The minimum atomic E-state index is -1.02. The maximum Gasteiger partial charge on any atom is 0.255 e. The molecular weight excluding hydrogens is 331 g/mol. The Labute approximate surface area is 139 Å². The van der Waals surface area contributed by atoms with Gasteiger partial charge in [-0.2, -0.15) is 0 Å². The van der Waals surface area contributed by atoms with Gasteiger partial charge in [-0.15, -0.1) is 12.6 Å². The first-order valence-electron chi connectivity index (χ1n) is 6.65. The third-order valence-electron chi connectivity index (χ3n) is 3.48. The van der Waals surface area contributed by atoms with E-state index in [0.29, 0.717) is 36.4 Å². The molecule has 0 aromatic heterocycles. The molecule has 0 bridgehead atoms. The fourth-order valence-corrected chi connectivity index (χ4v) is 2.85. The number of hydrogen-bond acceptors (Lipinski definition) is 3. The van der Waals surface area contributed by atoms with Crippen LogP contribution in [-0.2, 0) is 4.79 Å². The summed E-state index contributed by atoms with van der Waals surface area (Å²) in [6, 6.07) is 7.19. The summed E-state index contributed by atoms with van der Waals surface area (Å²) in [5.41, 5.74) is 0.556. The molecule has 1 aliphatic rings. The van der Waals surface area contributed by atoms with Gasteiger partial charge in [0.05, 0.1) is 5.56 Å². The van der Waals surface area contributed by atoms with E-state index in [1.54, 1.807) is 23.1 Å². The fourth-order valence-electron chi connectivity index (χ4n) is 2.31. The van der Waals surface area contributed by atoms with E-state index in [1.165, 1.54) is 0 Å². The van der Waals surface area contributed by atoms with Gasteiger partial charge < -0.3 is 10.2 Å². The number of benzene rings is 1. The molecule has 0 unspecified atom stereocenters. The Kier molecular flexibility index (Phi) is 5.79. The summed E-state index contributed by atoms with van der Waals surface area (Å²) in [6.45, 7) is 1.09. The van der Waals surface area contributed by atoms with Crippen LogP contribution in [0.4, 0.5) is 0 Å². The first-order valence-corrected chi connectivity index (χ1v) is 7.97. The molecule has 1 fully saturated rings. The Morgan fingerprint density at radius 2 is 1.86 bits per heavy atom. The molecule has 4 nitrogen and oxygen atoms in total. The average Bonchev–Trinajstić information content (AvgIpc) is 2.47. The SMILES string of the molecule is O=C(NC1CCN(C(=O)C(Cl)Cl)CC1)c1ccccc1S. The van der Waals surface area contributed by atoms with Crippen LogP contribution < -0.4 is 5.32 Å². The molecule has 0 saturated carbocycles. The molecule has 7 heteroatoms. The molecule has 0 atom stereocenters.